The van der Waals surface area contributed by atoms with Crippen LogP contribution in [0.5, 0.6) is 0 Å². The van der Waals surface area contributed by atoms with E-state index in [0.717, 1.165) is 11.5 Å². The highest BCUT2D eigenvalue weighted by Gasteiger charge is 2.46. The summed E-state index contributed by atoms with van der Waals surface area (Å²) in [6, 6.07) is 10.3. The van der Waals surface area contributed by atoms with Crippen molar-refractivity contribution in [3.8, 4) is 0 Å². The first-order chi connectivity index (χ1) is 11.4. The molecule has 1 saturated heterocycles. The fourth-order valence-corrected chi connectivity index (χ4v) is 6.57. The molecule has 0 bridgehead atoms. The van der Waals surface area contributed by atoms with Crippen molar-refractivity contribution in [2.75, 3.05) is 11.5 Å². The zero-order chi connectivity index (χ0) is 17.6. The minimum atomic E-state index is -0.915. The first-order valence-electron chi connectivity index (χ1n) is 8.69. The van der Waals surface area contributed by atoms with Crippen LogP contribution in [-0.4, -0.2) is 32.4 Å². The van der Waals surface area contributed by atoms with Gasteiger partial charge in [0.2, 0.25) is 0 Å². The maximum Gasteiger partial charge on any atom is 0.0895 e. The molecule has 2 atom stereocenters. The van der Waals surface area contributed by atoms with Crippen LogP contribution in [0.15, 0.2) is 43.0 Å². The normalized spacial score (nSPS) is 21.2. The number of benzene rings is 1. The number of hydrogen-bond acceptors (Lipinski definition) is 4. The van der Waals surface area contributed by atoms with Gasteiger partial charge in [-0.25, -0.2) is 0 Å². The Balaban J connectivity index is 2.21. The Kier molecular flexibility index (Phi) is 7.29. The molecule has 0 aromatic heterocycles. The maximum absolute atomic E-state index is 10.6. The van der Waals surface area contributed by atoms with Crippen LogP contribution in [0.3, 0.4) is 0 Å². The molecule has 0 unspecified atom stereocenters. The molecule has 1 aromatic carbocycles. The molecule has 0 saturated carbocycles. The Morgan fingerprint density at radius 1 is 1.29 bits per heavy atom. The van der Waals surface area contributed by atoms with Crippen LogP contribution in [0.2, 0.25) is 0 Å². The molecule has 1 fully saturated rings. The Morgan fingerprint density at radius 2 is 1.92 bits per heavy atom. The van der Waals surface area contributed by atoms with E-state index in [0.29, 0.717) is 18.9 Å². The molecule has 1 aromatic rings. The van der Waals surface area contributed by atoms with Crippen LogP contribution in [0.4, 0.5) is 0 Å². The second kappa shape index (κ2) is 8.79. The molecule has 1 N–H and O–H groups in total. The second-order valence-electron chi connectivity index (χ2n) is 6.98. The van der Waals surface area contributed by atoms with E-state index in [1.54, 1.807) is 6.08 Å². The number of thioether (sulfide) groups is 2. The predicted molar refractivity (Wildman–Crippen MR) is 108 cm³/mol. The highest BCUT2D eigenvalue weighted by Crippen LogP contribution is 2.52. The fourth-order valence-electron chi connectivity index (χ4n) is 3.00. The van der Waals surface area contributed by atoms with E-state index in [2.05, 4.69) is 32.6 Å². The Morgan fingerprint density at radius 3 is 2.46 bits per heavy atom. The van der Waals surface area contributed by atoms with Crippen LogP contribution in [-0.2, 0) is 11.3 Å². The van der Waals surface area contributed by atoms with E-state index in [4.69, 9.17) is 4.74 Å². The van der Waals surface area contributed by atoms with Crippen molar-refractivity contribution in [3.63, 3.8) is 0 Å². The summed E-state index contributed by atoms with van der Waals surface area (Å²) in [5.41, 5.74) is 0.257. The van der Waals surface area contributed by atoms with Crippen molar-refractivity contribution in [2.45, 2.75) is 56.0 Å². The Labute approximate surface area is 155 Å². The van der Waals surface area contributed by atoms with Gasteiger partial charge in [0.1, 0.15) is 0 Å². The standard InChI is InChI=1S/C20H30O2S2/c1-5-19(4,21)14-18(22-15-17-10-7-6-8-11-17)20(16(2)3)23-12-9-13-24-20/h5-8,10-11,16,18,21H,1,9,12-15H2,2-4H3/t18-,19+/m1/s1. The summed E-state index contributed by atoms with van der Waals surface area (Å²) in [5.74, 6) is 2.79. The number of aliphatic hydroxyl groups is 1. The maximum atomic E-state index is 10.6. The third kappa shape index (κ3) is 5.04. The third-order valence-corrected chi connectivity index (χ3v) is 8.59. The third-order valence-electron chi connectivity index (χ3n) is 4.53. The zero-order valence-corrected chi connectivity index (χ0v) is 16.7. The van der Waals surface area contributed by atoms with Crippen molar-refractivity contribution < 1.29 is 9.84 Å². The first-order valence-corrected chi connectivity index (χ1v) is 10.7. The molecule has 134 valence electrons. The Bertz CT molecular complexity index is 508. The summed E-state index contributed by atoms with van der Waals surface area (Å²) in [5, 5.41) is 10.6. The molecule has 1 heterocycles. The molecular formula is C20H30O2S2. The van der Waals surface area contributed by atoms with Crippen LogP contribution in [0.1, 0.15) is 39.2 Å². The molecule has 0 spiro atoms. The van der Waals surface area contributed by atoms with Gasteiger partial charge in [0, 0.05) is 6.42 Å². The topological polar surface area (TPSA) is 29.5 Å². The highest BCUT2D eigenvalue weighted by molar-refractivity contribution is 8.18. The zero-order valence-electron chi connectivity index (χ0n) is 15.0. The molecule has 1 aliphatic rings. The molecule has 0 amide bonds. The van der Waals surface area contributed by atoms with E-state index < -0.39 is 5.60 Å². The molecule has 1 aliphatic heterocycles. The van der Waals surface area contributed by atoms with Crippen LogP contribution in [0, 0.1) is 5.92 Å². The lowest BCUT2D eigenvalue weighted by Gasteiger charge is -2.46. The summed E-state index contributed by atoms with van der Waals surface area (Å²) in [4.78, 5) is 0. The van der Waals surface area contributed by atoms with Crippen molar-refractivity contribution >= 4 is 23.5 Å². The minimum Gasteiger partial charge on any atom is -0.386 e. The average Bonchev–Trinajstić information content (AvgIpc) is 2.60. The van der Waals surface area contributed by atoms with Crippen LogP contribution >= 0.6 is 23.5 Å². The molecule has 4 heteroatoms. The summed E-state index contributed by atoms with van der Waals surface area (Å²) in [6.45, 7) is 10.7. The average molecular weight is 367 g/mol. The van der Waals surface area contributed by atoms with E-state index >= 15 is 0 Å². The van der Waals surface area contributed by atoms with E-state index in [1.165, 1.54) is 12.0 Å². The quantitative estimate of drug-likeness (QED) is 0.647. The van der Waals surface area contributed by atoms with Gasteiger partial charge in [-0.05, 0) is 36.3 Å². The molecule has 2 nitrogen and oxygen atoms in total. The van der Waals surface area contributed by atoms with Crippen molar-refractivity contribution in [3.05, 3.63) is 48.6 Å². The lowest BCUT2D eigenvalue weighted by atomic mass is 9.92. The smallest absolute Gasteiger partial charge is 0.0895 e. The summed E-state index contributed by atoms with van der Waals surface area (Å²) < 4.78 is 6.41. The van der Waals surface area contributed by atoms with Gasteiger partial charge in [-0.1, -0.05) is 50.3 Å². The monoisotopic (exact) mass is 366 g/mol. The second-order valence-corrected chi connectivity index (χ2v) is 9.98. The van der Waals surface area contributed by atoms with Crippen LogP contribution < -0.4 is 0 Å². The minimum absolute atomic E-state index is 0.0139. The van der Waals surface area contributed by atoms with Gasteiger partial charge in [-0.3, -0.25) is 0 Å². The lowest BCUT2D eigenvalue weighted by Crippen LogP contribution is -2.48. The number of ether oxygens (including phenoxy) is 1. The Hall–Kier alpha value is -0.420. The van der Waals surface area contributed by atoms with Gasteiger partial charge in [-0.2, -0.15) is 0 Å². The highest BCUT2D eigenvalue weighted by atomic mass is 32.2. The molecule has 0 aliphatic carbocycles. The van der Waals surface area contributed by atoms with Crippen LogP contribution in [0.25, 0.3) is 0 Å². The number of hydrogen-bond donors (Lipinski definition) is 1. The first kappa shape index (κ1) is 19.9. The van der Waals surface area contributed by atoms with E-state index in [9.17, 15) is 5.11 Å². The predicted octanol–water partition coefficient (Wildman–Crippen LogP) is 5.12. The van der Waals surface area contributed by atoms with Gasteiger partial charge in [0.15, 0.2) is 0 Å². The SMILES string of the molecule is C=C[C@](C)(O)C[C@@H](OCc1ccccc1)C1(C(C)C)SCCCS1. The fraction of sp³-hybridized carbons (Fsp3) is 0.600. The van der Waals surface area contributed by atoms with E-state index in [-0.39, 0.29) is 10.2 Å². The summed E-state index contributed by atoms with van der Waals surface area (Å²) in [7, 11) is 0. The van der Waals surface area contributed by atoms with Crippen molar-refractivity contribution in [2.24, 2.45) is 5.92 Å². The largest absolute Gasteiger partial charge is 0.386 e. The molecular weight excluding hydrogens is 336 g/mol. The van der Waals surface area contributed by atoms with Crippen molar-refractivity contribution in [1.82, 2.24) is 0 Å². The van der Waals surface area contributed by atoms with Gasteiger partial charge < -0.3 is 9.84 Å². The van der Waals surface area contributed by atoms with Gasteiger partial charge in [-0.15, -0.1) is 30.1 Å². The van der Waals surface area contributed by atoms with Gasteiger partial charge >= 0.3 is 0 Å². The molecule has 2 rings (SSSR count). The van der Waals surface area contributed by atoms with Crippen molar-refractivity contribution in [1.29, 1.82) is 0 Å². The lowest BCUT2D eigenvalue weighted by molar-refractivity contribution is -0.0269. The molecule has 24 heavy (non-hydrogen) atoms. The van der Waals surface area contributed by atoms with Gasteiger partial charge in [0.05, 0.1) is 22.4 Å². The molecule has 0 radical (unpaired) electrons. The summed E-state index contributed by atoms with van der Waals surface area (Å²) in [6.07, 6.45) is 3.42. The van der Waals surface area contributed by atoms with Gasteiger partial charge in [0.25, 0.3) is 0 Å². The van der Waals surface area contributed by atoms with E-state index in [1.807, 2.05) is 48.6 Å². The number of rotatable bonds is 8. The summed E-state index contributed by atoms with van der Waals surface area (Å²) >= 11 is 4.01.